The molecule has 3 amide bonds. The molecule has 0 bridgehead atoms. The molecule has 0 spiro atoms. The predicted octanol–water partition coefficient (Wildman–Crippen LogP) is 0.101. The van der Waals surface area contributed by atoms with Crippen LogP contribution < -0.4 is 16.4 Å². The zero-order chi connectivity index (χ0) is 13.8. The van der Waals surface area contributed by atoms with E-state index in [1.54, 1.807) is 6.92 Å². The quantitative estimate of drug-likeness (QED) is 0.573. The van der Waals surface area contributed by atoms with Crippen molar-refractivity contribution in [3.63, 3.8) is 0 Å². The number of urea groups is 1. The third-order valence-electron chi connectivity index (χ3n) is 3.56. The Morgan fingerprint density at radius 3 is 2.72 bits per heavy atom. The van der Waals surface area contributed by atoms with Crippen LogP contribution in [-0.4, -0.2) is 35.2 Å². The first kappa shape index (κ1) is 14.9. The van der Waals surface area contributed by atoms with E-state index >= 15 is 0 Å². The second-order valence-electron chi connectivity index (χ2n) is 5.36. The van der Waals surface area contributed by atoms with Crippen LogP contribution in [0.3, 0.4) is 0 Å². The second kappa shape index (κ2) is 6.15. The number of carbonyl (C=O) groups is 2. The number of carbonyl (C=O) groups excluding carboxylic acids is 2. The van der Waals surface area contributed by atoms with Gasteiger partial charge in [-0.3, -0.25) is 15.4 Å². The van der Waals surface area contributed by atoms with Crippen LogP contribution in [0.4, 0.5) is 4.79 Å². The van der Waals surface area contributed by atoms with Gasteiger partial charge in [0.15, 0.2) is 0 Å². The molecule has 1 aliphatic rings. The first-order chi connectivity index (χ1) is 8.38. The topological polar surface area (TPSA) is 104 Å². The van der Waals surface area contributed by atoms with Crippen molar-refractivity contribution in [3.8, 4) is 0 Å². The Balaban J connectivity index is 2.61. The summed E-state index contributed by atoms with van der Waals surface area (Å²) in [5.74, 6) is 0.0540. The lowest BCUT2D eigenvalue weighted by Crippen LogP contribution is -2.59. The van der Waals surface area contributed by atoms with E-state index in [0.29, 0.717) is 5.92 Å². The Labute approximate surface area is 107 Å². The van der Waals surface area contributed by atoms with E-state index < -0.39 is 23.5 Å². The van der Waals surface area contributed by atoms with Gasteiger partial charge in [-0.15, -0.1) is 0 Å². The van der Waals surface area contributed by atoms with Gasteiger partial charge in [-0.2, -0.15) is 0 Å². The number of imide groups is 1. The van der Waals surface area contributed by atoms with Crippen molar-refractivity contribution in [3.05, 3.63) is 0 Å². The van der Waals surface area contributed by atoms with Crippen molar-refractivity contribution < 1.29 is 14.7 Å². The van der Waals surface area contributed by atoms with Gasteiger partial charge >= 0.3 is 6.03 Å². The Kier molecular flexibility index (Phi) is 5.10. The Hall–Kier alpha value is -1.14. The number of rotatable bonds is 4. The number of nitrogens with two attached hydrogens (primary N) is 1. The fourth-order valence-corrected chi connectivity index (χ4v) is 2.73. The number of nitrogens with one attached hydrogen (secondary N) is 2. The Bertz CT molecular complexity index is 322. The predicted molar refractivity (Wildman–Crippen MR) is 67.8 cm³/mol. The molecule has 0 heterocycles. The van der Waals surface area contributed by atoms with Crippen molar-refractivity contribution >= 4 is 11.9 Å². The van der Waals surface area contributed by atoms with Crippen LogP contribution in [0.5, 0.6) is 0 Å². The number of hydrogen-bond acceptors (Lipinski definition) is 4. The van der Waals surface area contributed by atoms with Crippen LogP contribution in [0.25, 0.3) is 0 Å². The fraction of sp³-hybridized carbons (Fsp3) is 0.833. The summed E-state index contributed by atoms with van der Waals surface area (Å²) < 4.78 is 0. The van der Waals surface area contributed by atoms with E-state index in [0.717, 1.165) is 25.7 Å². The van der Waals surface area contributed by atoms with Gasteiger partial charge in [-0.25, -0.2) is 4.79 Å². The largest absolute Gasteiger partial charge is 0.394 e. The molecule has 18 heavy (non-hydrogen) atoms. The van der Waals surface area contributed by atoms with E-state index in [9.17, 15) is 14.7 Å². The third-order valence-corrected chi connectivity index (χ3v) is 3.56. The van der Waals surface area contributed by atoms with Crippen LogP contribution >= 0.6 is 0 Å². The summed E-state index contributed by atoms with van der Waals surface area (Å²) in [6.07, 6.45) is 3.84. The molecule has 1 fully saturated rings. The number of hydrogen-bond donors (Lipinski definition) is 4. The summed E-state index contributed by atoms with van der Waals surface area (Å²) in [4.78, 5) is 22.2. The maximum Gasteiger partial charge on any atom is 0.318 e. The summed E-state index contributed by atoms with van der Waals surface area (Å²) in [5.41, 5.74) is 4.48. The molecule has 5 N–H and O–H groups in total. The average Bonchev–Trinajstić information content (AvgIpc) is 2.28. The maximum absolute atomic E-state index is 11.6. The van der Waals surface area contributed by atoms with Crippen molar-refractivity contribution in [2.45, 2.75) is 51.1 Å². The number of aliphatic hydroxyl groups is 1. The highest BCUT2D eigenvalue weighted by molar-refractivity contribution is 5.96. The Morgan fingerprint density at radius 1 is 1.56 bits per heavy atom. The molecule has 0 aromatic carbocycles. The maximum atomic E-state index is 11.6. The van der Waals surface area contributed by atoms with Crippen molar-refractivity contribution in [2.24, 2.45) is 11.7 Å². The highest BCUT2D eigenvalue weighted by atomic mass is 16.3. The molecule has 104 valence electrons. The highest BCUT2D eigenvalue weighted by Gasteiger charge is 2.36. The van der Waals surface area contributed by atoms with Gasteiger partial charge in [0.2, 0.25) is 5.91 Å². The second-order valence-corrected chi connectivity index (χ2v) is 5.36. The molecule has 0 radical (unpaired) electrons. The molecule has 1 saturated carbocycles. The summed E-state index contributed by atoms with van der Waals surface area (Å²) in [6.45, 7) is 3.79. The minimum Gasteiger partial charge on any atom is -0.394 e. The number of aliphatic hydroxyl groups excluding tert-OH is 1. The van der Waals surface area contributed by atoms with Gasteiger partial charge in [-0.1, -0.05) is 19.8 Å². The minimum absolute atomic E-state index is 0.00840. The lowest BCUT2D eigenvalue weighted by Gasteiger charge is -2.41. The average molecular weight is 257 g/mol. The summed E-state index contributed by atoms with van der Waals surface area (Å²) >= 11 is 0. The van der Waals surface area contributed by atoms with Gasteiger partial charge in [0.25, 0.3) is 0 Å². The number of amides is 3. The van der Waals surface area contributed by atoms with E-state index in [1.165, 1.54) is 0 Å². The first-order valence-corrected chi connectivity index (χ1v) is 6.37. The van der Waals surface area contributed by atoms with Crippen LogP contribution in [0.1, 0.15) is 39.5 Å². The van der Waals surface area contributed by atoms with Crippen molar-refractivity contribution in [1.29, 1.82) is 0 Å². The molecular formula is C12H23N3O3. The number of primary amides is 1. The van der Waals surface area contributed by atoms with Gasteiger partial charge in [0.1, 0.15) is 0 Å². The van der Waals surface area contributed by atoms with Crippen LogP contribution in [-0.2, 0) is 4.79 Å². The lowest BCUT2D eigenvalue weighted by atomic mass is 9.76. The monoisotopic (exact) mass is 257 g/mol. The van der Waals surface area contributed by atoms with Crippen molar-refractivity contribution in [2.75, 3.05) is 6.61 Å². The van der Waals surface area contributed by atoms with Crippen LogP contribution in [0.2, 0.25) is 0 Å². The van der Waals surface area contributed by atoms with Gasteiger partial charge in [0, 0.05) is 5.54 Å². The molecule has 6 nitrogen and oxygen atoms in total. The van der Waals surface area contributed by atoms with Gasteiger partial charge in [0.05, 0.1) is 12.6 Å². The molecular weight excluding hydrogens is 234 g/mol. The molecule has 0 saturated heterocycles. The minimum atomic E-state index is -0.858. The smallest absolute Gasteiger partial charge is 0.318 e. The molecule has 0 aromatic heterocycles. The zero-order valence-electron chi connectivity index (χ0n) is 11.0. The SMILES string of the molecule is CC1CCCC(CO)(NC(C)C(=O)NC(N)=O)C1. The van der Waals surface area contributed by atoms with Gasteiger partial charge < -0.3 is 10.8 Å². The lowest BCUT2D eigenvalue weighted by molar-refractivity contribution is -0.122. The van der Waals surface area contributed by atoms with E-state index in [1.807, 2.05) is 5.32 Å². The molecule has 6 heteroatoms. The van der Waals surface area contributed by atoms with Crippen molar-refractivity contribution in [1.82, 2.24) is 10.6 Å². The summed E-state index contributed by atoms with van der Waals surface area (Å²) in [6, 6.07) is -1.42. The van der Waals surface area contributed by atoms with Crippen LogP contribution in [0, 0.1) is 5.92 Å². The standard InChI is InChI=1S/C12H23N3O3/c1-8-4-3-5-12(6-8,7-16)15-9(2)10(17)14-11(13)18/h8-9,15-16H,3-7H2,1-2H3,(H3,13,14,17,18). The zero-order valence-corrected chi connectivity index (χ0v) is 11.0. The summed E-state index contributed by atoms with van der Waals surface area (Å²) in [5, 5.41) is 14.8. The molecule has 1 rings (SSSR count). The molecule has 0 aromatic rings. The van der Waals surface area contributed by atoms with E-state index in [-0.39, 0.29) is 6.61 Å². The van der Waals surface area contributed by atoms with E-state index in [4.69, 9.17) is 5.73 Å². The Morgan fingerprint density at radius 2 is 2.22 bits per heavy atom. The fourth-order valence-electron chi connectivity index (χ4n) is 2.73. The first-order valence-electron chi connectivity index (χ1n) is 6.37. The summed E-state index contributed by atoms with van der Waals surface area (Å²) in [7, 11) is 0. The molecule has 1 aliphatic carbocycles. The highest BCUT2D eigenvalue weighted by Crippen LogP contribution is 2.32. The third kappa shape index (κ3) is 3.96. The molecule has 3 unspecified atom stereocenters. The molecule has 3 atom stereocenters. The van der Waals surface area contributed by atoms with E-state index in [2.05, 4.69) is 12.2 Å². The normalized spacial score (nSPS) is 29.6. The van der Waals surface area contributed by atoms with Crippen LogP contribution in [0.15, 0.2) is 0 Å². The van der Waals surface area contributed by atoms with Gasteiger partial charge in [-0.05, 0) is 25.7 Å². The molecule has 0 aliphatic heterocycles.